The van der Waals surface area contributed by atoms with Gasteiger partial charge in [-0.1, -0.05) is 45.2 Å². The highest BCUT2D eigenvalue weighted by molar-refractivity contribution is 14.1. The summed E-state index contributed by atoms with van der Waals surface area (Å²) in [4.78, 5) is 0. The maximum absolute atomic E-state index is 2.64. The van der Waals surface area contributed by atoms with E-state index in [4.69, 9.17) is 0 Å². The Labute approximate surface area is 83.4 Å². The van der Waals surface area contributed by atoms with Crippen molar-refractivity contribution in [3.63, 3.8) is 0 Å². The molecule has 0 saturated heterocycles. The lowest BCUT2D eigenvalue weighted by molar-refractivity contribution is 0.527. The highest BCUT2D eigenvalue weighted by Gasteiger charge is 2.44. The molecule has 0 aliphatic heterocycles. The van der Waals surface area contributed by atoms with Crippen molar-refractivity contribution in [2.45, 2.75) is 27.1 Å². The van der Waals surface area contributed by atoms with E-state index in [0.29, 0.717) is 0 Å². The first-order chi connectivity index (χ1) is 4.29. The fourth-order valence-electron chi connectivity index (χ4n) is 2.15. The minimum Gasteiger partial charge on any atom is -0.0812 e. The van der Waals surface area contributed by atoms with Crippen molar-refractivity contribution < 1.29 is 0 Å². The quantitative estimate of drug-likeness (QED) is 0.467. The number of hydrogen-bond acceptors (Lipinski definition) is 0. The van der Waals surface area contributed by atoms with E-state index in [0.717, 1.165) is 19.7 Å². The molecule has 2 rings (SSSR count). The van der Waals surface area contributed by atoms with Gasteiger partial charge in [-0.3, -0.25) is 0 Å². The average molecular weight is 348 g/mol. The van der Waals surface area contributed by atoms with Crippen molar-refractivity contribution in [3.8, 4) is 0 Å². The molecular formula is C7H10I2. The zero-order valence-electron chi connectivity index (χ0n) is 5.19. The van der Waals surface area contributed by atoms with Crippen LogP contribution in [0.25, 0.3) is 0 Å². The van der Waals surface area contributed by atoms with Crippen LogP contribution in [0, 0.1) is 11.8 Å². The molecule has 52 valence electrons. The molecule has 2 aliphatic carbocycles. The third-order valence-electron chi connectivity index (χ3n) is 2.72. The summed E-state index contributed by atoms with van der Waals surface area (Å²) in [5.74, 6) is 2.19. The van der Waals surface area contributed by atoms with E-state index in [9.17, 15) is 0 Å². The van der Waals surface area contributed by atoms with Gasteiger partial charge in [0.05, 0.1) is 0 Å². The Morgan fingerprint density at radius 1 is 0.889 bits per heavy atom. The molecule has 0 unspecified atom stereocenters. The zero-order valence-corrected chi connectivity index (χ0v) is 9.50. The first kappa shape index (κ1) is 7.13. The summed E-state index contributed by atoms with van der Waals surface area (Å²) in [7, 11) is 0. The van der Waals surface area contributed by atoms with Crippen molar-refractivity contribution in [1.29, 1.82) is 0 Å². The van der Waals surface area contributed by atoms with E-state index in [2.05, 4.69) is 45.2 Å². The van der Waals surface area contributed by atoms with Crippen LogP contribution in [0.5, 0.6) is 0 Å². The Morgan fingerprint density at radius 2 is 1.33 bits per heavy atom. The number of alkyl halides is 2. The molecule has 0 heterocycles. The van der Waals surface area contributed by atoms with Crippen LogP contribution in [0.15, 0.2) is 0 Å². The number of halogens is 2. The van der Waals surface area contributed by atoms with Crippen LogP contribution in [-0.4, -0.2) is 7.85 Å². The second-order valence-electron chi connectivity index (χ2n) is 3.22. The number of rotatable bonds is 0. The van der Waals surface area contributed by atoms with Gasteiger partial charge >= 0.3 is 0 Å². The molecular weight excluding hydrogens is 338 g/mol. The summed E-state index contributed by atoms with van der Waals surface area (Å²) in [6.07, 6.45) is 4.59. The lowest BCUT2D eigenvalue weighted by Crippen LogP contribution is -2.21. The molecule has 2 heteroatoms. The number of fused-ring (bicyclic) bond motifs is 2. The molecule has 0 aromatic rings. The highest BCUT2D eigenvalue weighted by atomic mass is 127. The molecule has 2 aliphatic rings. The smallest absolute Gasteiger partial charge is 0.0258 e. The van der Waals surface area contributed by atoms with E-state index >= 15 is 0 Å². The van der Waals surface area contributed by atoms with Crippen molar-refractivity contribution >= 4 is 45.2 Å². The van der Waals surface area contributed by atoms with Crippen LogP contribution in [-0.2, 0) is 0 Å². The SMILES string of the molecule is I[C@@H]1[C@@H]2CC[C@@H](C2)[C@H]1I. The largest absolute Gasteiger partial charge is 0.0812 e. The molecule has 2 bridgehead atoms. The fourth-order valence-corrected chi connectivity index (χ4v) is 4.63. The summed E-state index contributed by atoms with van der Waals surface area (Å²) in [6.45, 7) is 0. The molecule has 4 atom stereocenters. The maximum atomic E-state index is 2.64. The second kappa shape index (κ2) is 2.50. The summed E-state index contributed by atoms with van der Waals surface area (Å²) in [5, 5.41) is 0. The lowest BCUT2D eigenvalue weighted by Gasteiger charge is -2.20. The Morgan fingerprint density at radius 3 is 1.56 bits per heavy atom. The van der Waals surface area contributed by atoms with Gasteiger partial charge in [-0.15, -0.1) is 0 Å². The predicted molar refractivity (Wildman–Crippen MR) is 56.4 cm³/mol. The van der Waals surface area contributed by atoms with Crippen LogP contribution >= 0.6 is 45.2 Å². The van der Waals surface area contributed by atoms with Gasteiger partial charge in [0.15, 0.2) is 0 Å². The molecule has 2 fully saturated rings. The molecule has 0 nitrogen and oxygen atoms in total. The van der Waals surface area contributed by atoms with Crippen LogP contribution in [0.3, 0.4) is 0 Å². The zero-order chi connectivity index (χ0) is 6.43. The molecule has 0 aromatic heterocycles. The predicted octanol–water partition coefficient (Wildman–Crippen LogP) is 3.02. The van der Waals surface area contributed by atoms with Crippen LogP contribution in [0.2, 0.25) is 0 Å². The van der Waals surface area contributed by atoms with Crippen molar-refractivity contribution in [2.75, 3.05) is 0 Å². The van der Waals surface area contributed by atoms with E-state index in [1.165, 1.54) is 12.8 Å². The van der Waals surface area contributed by atoms with E-state index in [1.807, 2.05) is 0 Å². The molecule has 9 heavy (non-hydrogen) atoms. The van der Waals surface area contributed by atoms with Crippen molar-refractivity contribution in [1.82, 2.24) is 0 Å². The van der Waals surface area contributed by atoms with Gasteiger partial charge in [-0.2, -0.15) is 0 Å². The first-order valence-electron chi connectivity index (χ1n) is 3.57. The normalized spacial score (nSPS) is 56.7. The van der Waals surface area contributed by atoms with Crippen LogP contribution in [0.1, 0.15) is 19.3 Å². The van der Waals surface area contributed by atoms with Gasteiger partial charge in [0.1, 0.15) is 0 Å². The van der Waals surface area contributed by atoms with Gasteiger partial charge in [0, 0.05) is 7.85 Å². The number of hydrogen-bond donors (Lipinski definition) is 0. The molecule has 0 amide bonds. The molecule has 0 radical (unpaired) electrons. The van der Waals surface area contributed by atoms with Crippen molar-refractivity contribution in [3.05, 3.63) is 0 Å². The Balaban J connectivity index is 2.15. The van der Waals surface area contributed by atoms with Gasteiger partial charge in [0.2, 0.25) is 0 Å². The maximum Gasteiger partial charge on any atom is 0.0258 e. The summed E-state index contributed by atoms with van der Waals surface area (Å²) >= 11 is 5.29. The monoisotopic (exact) mass is 348 g/mol. The van der Waals surface area contributed by atoms with Crippen LogP contribution in [0.4, 0.5) is 0 Å². The summed E-state index contributed by atoms with van der Waals surface area (Å²) < 4.78 is 2.00. The Kier molecular flexibility index (Phi) is 1.98. The van der Waals surface area contributed by atoms with E-state index < -0.39 is 0 Å². The molecule has 0 N–H and O–H groups in total. The first-order valence-corrected chi connectivity index (χ1v) is 6.06. The third-order valence-corrected chi connectivity index (χ3v) is 7.68. The lowest BCUT2D eigenvalue weighted by atomic mass is 10.0. The summed E-state index contributed by atoms with van der Waals surface area (Å²) in [5.41, 5.74) is 0. The van der Waals surface area contributed by atoms with Gasteiger partial charge in [-0.05, 0) is 31.1 Å². The topological polar surface area (TPSA) is 0 Å². The van der Waals surface area contributed by atoms with Crippen molar-refractivity contribution in [2.24, 2.45) is 11.8 Å². The minimum atomic E-state index is 1.00. The van der Waals surface area contributed by atoms with Gasteiger partial charge in [-0.25, -0.2) is 0 Å². The van der Waals surface area contributed by atoms with E-state index in [-0.39, 0.29) is 0 Å². The van der Waals surface area contributed by atoms with Gasteiger partial charge in [0.25, 0.3) is 0 Å². The third kappa shape index (κ3) is 1.04. The highest BCUT2D eigenvalue weighted by Crippen LogP contribution is 2.51. The standard InChI is InChI=1S/C7H10I2/c8-6-4-1-2-5(3-4)7(6)9/h4-7H,1-3H2/t4-,5+,6-,7-/m1/s1. The average Bonchev–Trinajstić information content (AvgIpc) is 2.37. The van der Waals surface area contributed by atoms with Crippen LogP contribution < -0.4 is 0 Å². The fraction of sp³-hybridized carbons (Fsp3) is 1.00. The molecule has 2 saturated carbocycles. The minimum absolute atomic E-state index is 1.00. The Hall–Kier alpha value is 1.46. The second-order valence-corrected chi connectivity index (χ2v) is 6.10. The van der Waals surface area contributed by atoms with Gasteiger partial charge < -0.3 is 0 Å². The molecule has 0 spiro atoms. The molecule has 0 aromatic carbocycles. The van der Waals surface area contributed by atoms with E-state index in [1.54, 1.807) is 6.42 Å². The Bertz CT molecular complexity index is 106. The summed E-state index contributed by atoms with van der Waals surface area (Å²) in [6, 6.07) is 0.